The minimum absolute atomic E-state index is 0.245. The number of furan rings is 1. The zero-order valence-electron chi connectivity index (χ0n) is 15.3. The van der Waals surface area contributed by atoms with Crippen LogP contribution in [0.3, 0.4) is 0 Å². The van der Waals surface area contributed by atoms with Gasteiger partial charge in [0.05, 0.1) is 17.3 Å². The second kappa shape index (κ2) is 7.20. The summed E-state index contributed by atoms with van der Waals surface area (Å²) in [6.07, 6.45) is 4.60. The lowest BCUT2D eigenvalue weighted by molar-refractivity contribution is -0.111. The minimum Gasteiger partial charge on any atom is -0.486 e. The molecule has 2 aromatic carbocycles. The largest absolute Gasteiger partial charge is 0.486 e. The van der Waals surface area contributed by atoms with Gasteiger partial charge in [0.2, 0.25) is 5.91 Å². The number of hydrogen-bond acceptors (Lipinski definition) is 5. The third-order valence-corrected chi connectivity index (χ3v) is 4.49. The van der Waals surface area contributed by atoms with Gasteiger partial charge in [0, 0.05) is 29.5 Å². The van der Waals surface area contributed by atoms with Crippen LogP contribution in [0.5, 0.6) is 11.5 Å². The molecule has 0 saturated heterocycles. The molecule has 144 valence electrons. The molecular formula is C22H17N3O4. The van der Waals surface area contributed by atoms with Gasteiger partial charge >= 0.3 is 0 Å². The molecule has 0 atom stereocenters. The highest BCUT2D eigenvalue weighted by molar-refractivity contribution is 6.02. The predicted octanol–water partition coefficient (Wildman–Crippen LogP) is 4.25. The van der Waals surface area contributed by atoms with E-state index in [0.29, 0.717) is 42.0 Å². The van der Waals surface area contributed by atoms with Crippen LogP contribution in [0.4, 0.5) is 5.69 Å². The first-order valence-corrected chi connectivity index (χ1v) is 9.17. The molecule has 29 heavy (non-hydrogen) atoms. The molecule has 0 saturated carbocycles. The standard InChI is InChI=1S/C22H17N3O4/c26-21(7-6-16-5-2-8-27-16)23-15-4-1-3-14(11-15)22-24-17-12-19-20(13-18(17)25-22)29-10-9-28-19/h1-8,11-13H,9-10H2,(H,23,26)(H,24,25)/b7-6+. The van der Waals surface area contributed by atoms with Crippen LogP contribution >= 0.6 is 0 Å². The van der Waals surface area contributed by atoms with E-state index in [1.807, 2.05) is 36.4 Å². The quantitative estimate of drug-likeness (QED) is 0.511. The molecule has 7 heteroatoms. The van der Waals surface area contributed by atoms with E-state index in [0.717, 1.165) is 16.6 Å². The average Bonchev–Trinajstić information content (AvgIpc) is 3.40. The van der Waals surface area contributed by atoms with Crippen molar-refractivity contribution >= 4 is 28.7 Å². The highest BCUT2D eigenvalue weighted by Gasteiger charge is 2.15. The Hall–Kier alpha value is -4.00. The number of aromatic amines is 1. The number of carbonyl (C=O) groups excluding carboxylic acids is 1. The van der Waals surface area contributed by atoms with Crippen LogP contribution < -0.4 is 14.8 Å². The van der Waals surface area contributed by atoms with Crippen LogP contribution in [0.1, 0.15) is 5.76 Å². The number of nitrogens with one attached hydrogen (secondary N) is 2. The third kappa shape index (κ3) is 3.58. The maximum absolute atomic E-state index is 12.2. The van der Waals surface area contributed by atoms with E-state index in [2.05, 4.69) is 15.3 Å². The van der Waals surface area contributed by atoms with Gasteiger partial charge < -0.3 is 24.2 Å². The van der Waals surface area contributed by atoms with Gasteiger partial charge in [-0.1, -0.05) is 12.1 Å². The summed E-state index contributed by atoms with van der Waals surface area (Å²) in [5.41, 5.74) is 3.18. The number of hydrogen-bond donors (Lipinski definition) is 2. The highest BCUT2D eigenvalue weighted by atomic mass is 16.6. The Bertz CT molecular complexity index is 1170. The zero-order chi connectivity index (χ0) is 19.6. The van der Waals surface area contributed by atoms with Crippen LogP contribution in [-0.4, -0.2) is 29.1 Å². The van der Waals surface area contributed by atoms with Gasteiger partial charge in [-0.15, -0.1) is 0 Å². The van der Waals surface area contributed by atoms with Gasteiger partial charge in [-0.05, 0) is 30.3 Å². The van der Waals surface area contributed by atoms with Crippen molar-refractivity contribution in [2.45, 2.75) is 0 Å². The fourth-order valence-electron chi connectivity index (χ4n) is 3.16. The summed E-state index contributed by atoms with van der Waals surface area (Å²) >= 11 is 0. The molecule has 1 aliphatic rings. The van der Waals surface area contributed by atoms with Crippen molar-refractivity contribution in [1.29, 1.82) is 0 Å². The van der Waals surface area contributed by atoms with Crippen LogP contribution in [0.2, 0.25) is 0 Å². The fourth-order valence-corrected chi connectivity index (χ4v) is 3.16. The van der Waals surface area contributed by atoms with Crippen molar-refractivity contribution in [1.82, 2.24) is 9.97 Å². The van der Waals surface area contributed by atoms with Gasteiger partial charge in [0.1, 0.15) is 24.8 Å². The average molecular weight is 387 g/mol. The van der Waals surface area contributed by atoms with E-state index in [9.17, 15) is 4.79 Å². The van der Waals surface area contributed by atoms with Crippen LogP contribution in [0, 0.1) is 0 Å². The molecule has 1 amide bonds. The van der Waals surface area contributed by atoms with E-state index < -0.39 is 0 Å². The summed E-state index contributed by atoms with van der Waals surface area (Å²) in [4.78, 5) is 20.1. The third-order valence-electron chi connectivity index (χ3n) is 4.49. The fraction of sp³-hybridized carbons (Fsp3) is 0.0909. The molecule has 7 nitrogen and oxygen atoms in total. The number of benzene rings is 2. The summed E-state index contributed by atoms with van der Waals surface area (Å²) in [5, 5.41) is 2.84. The molecule has 0 radical (unpaired) electrons. The Morgan fingerprint density at radius 2 is 1.93 bits per heavy atom. The molecule has 4 aromatic rings. The number of imidazole rings is 1. The Morgan fingerprint density at radius 3 is 2.76 bits per heavy atom. The number of fused-ring (bicyclic) bond motifs is 2. The van der Waals surface area contributed by atoms with Crippen molar-refractivity contribution in [2.75, 3.05) is 18.5 Å². The van der Waals surface area contributed by atoms with Crippen molar-refractivity contribution in [2.24, 2.45) is 0 Å². The highest BCUT2D eigenvalue weighted by Crippen LogP contribution is 2.35. The van der Waals surface area contributed by atoms with Crippen molar-refractivity contribution < 1.29 is 18.7 Å². The predicted molar refractivity (Wildman–Crippen MR) is 109 cm³/mol. The lowest BCUT2D eigenvalue weighted by atomic mass is 10.2. The maximum Gasteiger partial charge on any atom is 0.248 e. The number of carbonyl (C=O) groups is 1. The summed E-state index contributed by atoms with van der Waals surface area (Å²) in [5.74, 6) is 2.48. The molecule has 0 aliphatic carbocycles. The van der Waals surface area contributed by atoms with Crippen LogP contribution in [-0.2, 0) is 4.79 Å². The zero-order valence-corrected chi connectivity index (χ0v) is 15.3. The number of H-pyrrole nitrogens is 1. The second-order valence-electron chi connectivity index (χ2n) is 6.52. The second-order valence-corrected chi connectivity index (χ2v) is 6.52. The number of rotatable bonds is 4. The molecule has 0 bridgehead atoms. The van der Waals surface area contributed by atoms with Gasteiger partial charge in [-0.3, -0.25) is 4.79 Å². The Morgan fingerprint density at radius 1 is 1.07 bits per heavy atom. The first-order chi connectivity index (χ1) is 14.2. The molecule has 1 aliphatic heterocycles. The number of amides is 1. The minimum atomic E-state index is -0.245. The van der Waals surface area contributed by atoms with Gasteiger partial charge in [-0.25, -0.2) is 4.98 Å². The van der Waals surface area contributed by atoms with Gasteiger partial charge in [0.25, 0.3) is 0 Å². The monoisotopic (exact) mass is 387 g/mol. The number of ether oxygens (including phenoxy) is 2. The Kier molecular flexibility index (Phi) is 4.25. The molecule has 0 spiro atoms. The molecule has 0 unspecified atom stereocenters. The maximum atomic E-state index is 12.2. The van der Waals surface area contributed by atoms with Crippen molar-refractivity contribution in [3.05, 3.63) is 66.6 Å². The normalized spacial score (nSPS) is 13.1. The summed E-state index contributed by atoms with van der Waals surface area (Å²) in [6.45, 7) is 1.07. The van der Waals surface area contributed by atoms with Crippen LogP contribution in [0.25, 0.3) is 28.5 Å². The topological polar surface area (TPSA) is 89.4 Å². The summed E-state index contributed by atoms with van der Waals surface area (Å²) in [6, 6.07) is 14.8. The van der Waals surface area contributed by atoms with Crippen LogP contribution in [0.15, 0.2) is 65.3 Å². The number of nitrogens with zero attached hydrogens (tertiary/aromatic N) is 1. The molecule has 5 rings (SSSR count). The van der Waals surface area contributed by atoms with E-state index >= 15 is 0 Å². The molecular weight excluding hydrogens is 370 g/mol. The van der Waals surface area contributed by atoms with Gasteiger partial charge in [-0.2, -0.15) is 0 Å². The molecule has 2 N–H and O–H groups in total. The Balaban J connectivity index is 1.38. The van der Waals surface area contributed by atoms with E-state index in [-0.39, 0.29) is 5.91 Å². The smallest absolute Gasteiger partial charge is 0.248 e. The number of aromatic nitrogens is 2. The number of anilines is 1. The van der Waals surface area contributed by atoms with Gasteiger partial charge in [0.15, 0.2) is 11.5 Å². The lowest BCUT2D eigenvalue weighted by Crippen LogP contribution is -2.15. The summed E-state index contributed by atoms with van der Waals surface area (Å²) in [7, 11) is 0. The van der Waals surface area contributed by atoms with E-state index in [1.54, 1.807) is 24.5 Å². The first-order valence-electron chi connectivity index (χ1n) is 9.17. The Labute approximate surface area is 166 Å². The first kappa shape index (κ1) is 17.1. The van der Waals surface area contributed by atoms with Crippen molar-refractivity contribution in [3.8, 4) is 22.9 Å². The van der Waals surface area contributed by atoms with E-state index in [4.69, 9.17) is 13.9 Å². The van der Waals surface area contributed by atoms with E-state index in [1.165, 1.54) is 6.08 Å². The molecule has 2 aromatic heterocycles. The molecule has 0 fully saturated rings. The molecule has 3 heterocycles. The SMILES string of the molecule is O=C(/C=C/c1ccco1)Nc1cccc(-c2nc3cc4c(cc3[nH]2)OCCO4)c1. The summed E-state index contributed by atoms with van der Waals surface area (Å²) < 4.78 is 16.4. The lowest BCUT2D eigenvalue weighted by Gasteiger charge is -2.17. The van der Waals surface area contributed by atoms with Crippen molar-refractivity contribution in [3.63, 3.8) is 0 Å².